The molecule has 1 aromatic rings. The molecular weight excluding hydrogens is 242 g/mol. The second-order valence-electron chi connectivity index (χ2n) is 4.70. The molecule has 2 heterocycles. The molecule has 0 unspecified atom stereocenters. The van der Waals surface area contributed by atoms with E-state index in [-0.39, 0.29) is 0 Å². The minimum atomic E-state index is 0.459. The molecule has 1 aromatic heterocycles. The second-order valence-corrected chi connectivity index (χ2v) is 4.70. The van der Waals surface area contributed by atoms with E-state index in [2.05, 4.69) is 25.9 Å². The third-order valence-corrected chi connectivity index (χ3v) is 3.15. The summed E-state index contributed by atoms with van der Waals surface area (Å²) in [5.41, 5.74) is 0. The van der Waals surface area contributed by atoms with E-state index < -0.39 is 0 Å². The lowest BCUT2D eigenvalue weighted by molar-refractivity contribution is 0.0904. The molecule has 0 radical (unpaired) electrons. The van der Waals surface area contributed by atoms with Crippen molar-refractivity contribution in [2.45, 2.75) is 25.3 Å². The van der Waals surface area contributed by atoms with Crippen LogP contribution in [0, 0.1) is 0 Å². The van der Waals surface area contributed by atoms with Gasteiger partial charge in [-0.2, -0.15) is 0 Å². The summed E-state index contributed by atoms with van der Waals surface area (Å²) in [5.74, 6) is 1.76. The van der Waals surface area contributed by atoms with Crippen LogP contribution >= 0.6 is 0 Å². The maximum atomic E-state index is 5.35. The van der Waals surface area contributed by atoms with Crippen molar-refractivity contribution in [1.29, 1.82) is 0 Å². The first-order valence-electron chi connectivity index (χ1n) is 6.93. The highest BCUT2D eigenvalue weighted by atomic mass is 16.5. The van der Waals surface area contributed by atoms with Crippen LogP contribution < -0.4 is 16.0 Å². The molecule has 6 nitrogen and oxygen atoms in total. The molecule has 0 bridgehead atoms. The summed E-state index contributed by atoms with van der Waals surface area (Å²) in [7, 11) is 1.96. The van der Waals surface area contributed by atoms with Gasteiger partial charge in [-0.25, -0.2) is 9.97 Å². The summed E-state index contributed by atoms with van der Waals surface area (Å²) >= 11 is 0. The largest absolute Gasteiger partial charge is 0.381 e. The molecule has 2 rings (SSSR count). The highest BCUT2D eigenvalue weighted by molar-refractivity contribution is 5.46. The first-order chi connectivity index (χ1) is 9.38. The van der Waals surface area contributed by atoms with Crippen LogP contribution in [0.25, 0.3) is 0 Å². The lowest BCUT2D eigenvalue weighted by Gasteiger charge is -2.23. The number of nitrogens with one attached hydrogen (secondary N) is 3. The average Bonchev–Trinajstić information content (AvgIpc) is 2.45. The van der Waals surface area contributed by atoms with E-state index in [1.807, 2.05) is 13.1 Å². The zero-order valence-corrected chi connectivity index (χ0v) is 11.5. The second kappa shape index (κ2) is 7.91. The van der Waals surface area contributed by atoms with Crippen molar-refractivity contribution >= 4 is 11.6 Å². The fourth-order valence-corrected chi connectivity index (χ4v) is 2.07. The summed E-state index contributed by atoms with van der Waals surface area (Å²) in [6.07, 6.45) is 4.75. The van der Waals surface area contributed by atoms with Crippen LogP contribution in [0.2, 0.25) is 0 Å². The zero-order valence-electron chi connectivity index (χ0n) is 11.5. The highest BCUT2D eigenvalue weighted by Crippen LogP contribution is 2.14. The maximum absolute atomic E-state index is 5.35. The van der Waals surface area contributed by atoms with Gasteiger partial charge in [0.2, 0.25) is 0 Å². The van der Waals surface area contributed by atoms with E-state index in [0.29, 0.717) is 6.04 Å². The van der Waals surface area contributed by atoms with Crippen molar-refractivity contribution in [1.82, 2.24) is 15.3 Å². The quantitative estimate of drug-likeness (QED) is 0.641. The molecule has 0 amide bonds. The molecule has 106 valence electrons. The van der Waals surface area contributed by atoms with E-state index in [0.717, 1.165) is 57.2 Å². The molecule has 0 aromatic carbocycles. The molecule has 1 aliphatic heterocycles. The van der Waals surface area contributed by atoms with Crippen LogP contribution in [-0.2, 0) is 4.74 Å². The Morgan fingerprint density at radius 1 is 1.21 bits per heavy atom. The van der Waals surface area contributed by atoms with Gasteiger partial charge in [0.1, 0.15) is 18.0 Å². The number of hydrogen-bond acceptors (Lipinski definition) is 6. The van der Waals surface area contributed by atoms with Crippen molar-refractivity contribution < 1.29 is 4.74 Å². The van der Waals surface area contributed by atoms with Crippen LogP contribution in [0.15, 0.2) is 12.4 Å². The topological polar surface area (TPSA) is 71.1 Å². The van der Waals surface area contributed by atoms with Crippen LogP contribution in [-0.4, -0.2) is 49.4 Å². The third-order valence-electron chi connectivity index (χ3n) is 3.15. The van der Waals surface area contributed by atoms with E-state index in [9.17, 15) is 0 Å². The Kier molecular flexibility index (Phi) is 5.84. The van der Waals surface area contributed by atoms with Gasteiger partial charge in [-0.3, -0.25) is 0 Å². The van der Waals surface area contributed by atoms with Gasteiger partial charge in [0.15, 0.2) is 0 Å². The predicted molar refractivity (Wildman–Crippen MR) is 76.5 cm³/mol. The molecule has 0 atom stereocenters. The fraction of sp³-hybridized carbons (Fsp3) is 0.692. The van der Waals surface area contributed by atoms with Crippen molar-refractivity contribution in [2.24, 2.45) is 0 Å². The first kappa shape index (κ1) is 14.0. The van der Waals surface area contributed by atoms with E-state index >= 15 is 0 Å². The van der Waals surface area contributed by atoms with Gasteiger partial charge in [-0.1, -0.05) is 0 Å². The average molecular weight is 265 g/mol. The normalized spacial score (nSPS) is 16.3. The van der Waals surface area contributed by atoms with Gasteiger partial charge >= 0.3 is 0 Å². The van der Waals surface area contributed by atoms with Crippen molar-refractivity contribution in [3.05, 3.63) is 12.4 Å². The number of rotatable bonds is 7. The monoisotopic (exact) mass is 265 g/mol. The number of aromatic nitrogens is 2. The molecule has 19 heavy (non-hydrogen) atoms. The summed E-state index contributed by atoms with van der Waals surface area (Å²) in [6.45, 7) is 3.58. The Hall–Kier alpha value is -1.40. The highest BCUT2D eigenvalue weighted by Gasteiger charge is 2.13. The summed E-state index contributed by atoms with van der Waals surface area (Å²) in [4.78, 5) is 8.49. The van der Waals surface area contributed by atoms with Crippen molar-refractivity contribution in [2.75, 3.05) is 44.0 Å². The molecule has 0 aliphatic carbocycles. The van der Waals surface area contributed by atoms with Crippen molar-refractivity contribution in [3.63, 3.8) is 0 Å². The smallest absolute Gasteiger partial charge is 0.131 e. The molecule has 1 aliphatic rings. The zero-order chi connectivity index (χ0) is 13.3. The summed E-state index contributed by atoms with van der Waals surface area (Å²) in [5, 5.41) is 9.86. The molecule has 0 spiro atoms. The van der Waals surface area contributed by atoms with Crippen LogP contribution in [0.1, 0.15) is 19.3 Å². The third kappa shape index (κ3) is 5.00. The number of hydrogen-bond donors (Lipinski definition) is 3. The minimum absolute atomic E-state index is 0.459. The van der Waals surface area contributed by atoms with Gasteiger partial charge in [0.25, 0.3) is 0 Å². The maximum Gasteiger partial charge on any atom is 0.131 e. The molecule has 6 heteroatoms. The molecule has 1 saturated heterocycles. The standard InChI is InChI=1S/C13H23N5O/c1-14-5-2-6-15-12-9-13(17-10-16-12)18-11-3-7-19-8-4-11/h9-11,14H,2-8H2,1H3,(H2,15,16,17,18). The van der Waals surface area contributed by atoms with Gasteiger partial charge < -0.3 is 20.7 Å². The Morgan fingerprint density at radius 3 is 2.79 bits per heavy atom. The van der Waals surface area contributed by atoms with Gasteiger partial charge in [0.05, 0.1) is 0 Å². The molecule has 3 N–H and O–H groups in total. The molecule has 1 fully saturated rings. The lowest BCUT2D eigenvalue weighted by atomic mass is 10.1. The fourth-order valence-electron chi connectivity index (χ4n) is 2.07. The van der Waals surface area contributed by atoms with E-state index in [1.54, 1.807) is 6.33 Å². The number of anilines is 2. The van der Waals surface area contributed by atoms with E-state index in [1.165, 1.54) is 0 Å². The molecular formula is C13H23N5O. The summed E-state index contributed by atoms with van der Waals surface area (Å²) in [6, 6.07) is 2.43. The number of ether oxygens (including phenoxy) is 1. The Morgan fingerprint density at radius 2 is 2.00 bits per heavy atom. The van der Waals surface area contributed by atoms with Crippen LogP contribution in [0.5, 0.6) is 0 Å². The SMILES string of the molecule is CNCCCNc1cc(NC2CCOCC2)ncn1. The van der Waals surface area contributed by atoms with Gasteiger partial charge in [0, 0.05) is 31.9 Å². The minimum Gasteiger partial charge on any atom is -0.381 e. The van der Waals surface area contributed by atoms with E-state index in [4.69, 9.17) is 4.74 Å². The Balaban J connectivity index is 1.80. The van der Waals surface area contributed by atoms with Crippen LogP contribution in [0.4, 0.5) is 11.6 Å². The first-order valence-corrected chi connectivity index (χ1v) is 6.93. The molecule has 0 saturated carbocycles. The lowest BCUT2D eigenvalue weighted by Crippen LogP contribution is -2.28. The van der Waals surface area contributed by atoms with Crippen LogP contribution in [0.3, 0.4) is 0 Å². The number of nitrogens with zero attached hydrogens (tertiary/aromatic N) is 2. The Labute approximate surface area is 114 Å². The predicted octanol–water partition coefficient (Wildman–Crippen LogP) is 1.09. The summed E-state index contributed by atoms with van der Waals surface area (Å²) < 4.78 is 5.35. The Bertz CT molecular complexity index is 368. The van der Waals surface area contributed by atoms with Gasteiger partial charge in [-0.15, -0.1) is 0 Å². The van der Waals surface area contributed by atoms with Crippen molar-refractivity contribution in [3.8, 4) is 0 Å². The van der Waals surface area contributed by atoms with Gasteiger partial charge in [-0.05, 0) is 32.9 Å².